The minimum atomic E-state index is 0.640. The maximum atomic E-state index is 5.79. The quantitative estimate of drug-likeness (QED) is 0.516. The van der Waals surface area contributed by atoms with Crippen LogP contribution in [0.4, 0.5) is 0 Å². The van der Waals surface area contributed by atoms with E-state index in [9.17, 15) is 0 Å². The fraction of sp³-hybridized carbons (Fsp3) is 1.00. The Bertz CT molecular complexity index is 164. The number of hydrogen-bond donors (Lipinski definition) is 1. The summed E-state index contributed by atoms with van der Waals surface area (Å²) in [6.07, 6.45) is 11.0. The lowest BCUT2D eigenvalue weighted by molar-refractivity contribution is 0.0942. The zero-order chi connectivity index (χ0) is 12.3. The molecule has 0 heterocycles. The number of ether oxygens (including phenoxy) is 1. The second-order valence-corrected chi connectivity index (χ2v) is 5.58. The molecule has 1 aliphatic rings. The number of rotatable bonds is 8. The van der Waals surface area contributed by atoms with Crippen LogP contribution >= 0.6 is 0 Å². The Morgan fingerprint density at radius 3 is 2.53 bits per heavy atom. The van der Waals surface area contributed by atoms with Gasteiger partial charge in [0.2, 0.25) is 0 Å². The first-order valence-corrected chi connectivity index (χ1v) is 7.64. The average molecular weight is 241 g/mol. The van der Waals surface area contributed by atoms with E-state index in [4.69, 9.17) is 4.74 Å². The molecule has 0 spiro atoms. The van der Waals surface area contributed by atoms with Crippen molar-refractivity contribution in [2.24, 2.45) is 5.92 Å². The molecule has 0 radical (unpaired) electrons. The summed E-state index contributed by atoms with van der Waals surface area (Å²) in [6.45, 7) is 7.37. The van der Waals surface area contributed by atoms with Crippen molar-refractivity contribution < 1.29 is 4.74 Å². The highest BCUT2D eigenvalue weighted by Gasteiger charge is 2.11. The highest BCUT2D eigenvalue weighted by molar-refractivity contribution is 4.64. The van der Waals surface area contributed by atoms with Crippen molar-refractivity contribution in [2.45, 2.75) is 71.3 Å². The lowest BCUT2D eigenvalue weighted by Crippen LogP contribution is -2.29. The van der Waals surface area contributed by atoms with E-state index in [1.807, 2.05) is 0 Å². The standard InChI is InChI=1S/C15H31NO/c1-3-8-14(2)16-11-12-17-13-15-9-6-4-5-7-10-15/h14-16H,3-13H2,1-2H3. The highest BCUT2D eigenvalue weighted by atomic mass is 16.5. The maximum Gasteiger partial charge on any atom is 0.0591 e. The van der Waals surface area contributed by atoms with Crippen molar-refractivity contribution in [1.82, 2.24) is 5.32 Å². The zero-order valence-corrected chi connectivity index (χ0v) is 11.8. The third-order valence-corrected chi connectivity index (χ3v) is 3.79. The molecule has 0 aromatic heterocycles. The fourth-order valence-corrected chi connectivity index (χ4v) is 2.69. The van der Waals surface area contributed by atoms with E-state index in [-0.39, 0.29) is 0 Å². The molecule has 1 saturated carbocycles. The average Bonchev–Trinajstić information content (AvgIpc) is 2.57. The van der Waals surface area contributed by atoms with Crippen LogP contribution in [0.25, 0.3) is 0 Å². The van der Waals surface area contributed by atoms with Crippen LogP contribution in [0.1, 0.15) is 65.2 Å². The molecule has 17 heavy (non-hydrogen) atoms. The predicted molar refractivity (Wildman–Crippen MR) is 74.4 cm³/mol. The van der Waals surface area contributed by atoms with Gasteiger partial charge in [-0.2, -0.15) is 0 Å². The van der Waals surface area contributed by atoms with Crippen molar-refractivity contribution in [3.8, 4) is 0 Å². The van der Waals surface area contributed by atoms with Gasteiger partial charge >= 0.3 is 0 Å². The topological polar surface area (TPSA) is 21.3 Å². The van der Waals surface area contributed by atoms with Crippen LogP contribution in [0.2, 0.25) is 0 Å². The van der Waals surface area contributed by atoms with E-state index in [2.05, 4.69) is 19.2 Å². The molecule has 1 rings (SSSR count). The summed E-state index contributed by atoms with van der Waals surface area (Å²) < 4.78 is 5.79. The molecule has 0 amide bonds. The lowest BCUT2D eigenvalue weighted by atomic mass is 10.0. The van der Waals surface area contributed by atoms with Gasteiger partial charge in [0.1, 0.15) is 0 Å². The molecule has 0 bridgehead atoms. The molecule has 0 aromatic carbocycles. The highest BCUT2D eigenvalue weighted by Crippen LogP contribution is 2.22. The predicted octanol–water partition coefficient (Wildman–Crippen LogP) is 3.75. The van der Waals surface area contributed by atoms with Crippen LogP contribution in [-0.4, -0.2) is 25.8 Å². The van der Waals surface area contributed by atoms with Crippen molar-refractivity contribution in [2.75, 3.05) is 19.8 Å². The summed E-state index contributed by atoms with van der Waals surface area (Å²) in [6, 6.07) is 0.640. The van der Waals surface area contributed by atoms with Crippen LogP contribution in [-0.2, 0) is 4.74 Å². The van der Waals surface area contributed by atoms with Crippen molar-refractivity contribution in [3.05, 3.63) is 0 Å². The molecule has 102 valence electrons. The molecule has 1 fully saturated rings. The van der Waals surface area contributed by atoms with Gasteiger partial charge in [-0.3, -0.25) is 0 Å². The molecule has 1 unspecified atom stereocenters. The molecule has 0 aliphatic heterocycles. The Balaban J connectivity index is 1.92. The molecule has 1 atom stereocenters. The van der Waals surface area contributed by atoms with Gasteiger partial charge in [-0.25, -0.2) is 0 Å². The van der Waals surface area contributed by atoms with Gasteiger partial charge in [-0.05, 0) is 32.1 Å². The second-order valence-electron chi connectivity index (χ2n) is 5.58. The van der Waals surface area contributed by atoms with Crippen LogP contribution in [0.5, 0.6) is 0 Å². The lowest BCUT2D eigenvalue weighted by Gasteiger charge is -2.16. The first-order valence-electron chi connectivity index (χ1n) is 7.64. The van der Waals surface area contributed by atoms with E-state index in [1.54, 1.807) is 0 Å². The first kappa shape index (κ1) is 15.0. The molecular formula is C15H31NO. The SMILES string of the molecule is CCCC(C)NCCOCC1CCCCCC1. The summed E-state index contributed by atoms with van der Waals surface area (Å²) in [5, 5.41) is 3.51. The third-order valence-electron chi connectivity index (χ3n) is 3.79. The third kappa shape index (κ3) is 7.77. The number of nitrogens with one attached hydrogen (secondary N) is 1. The summed E-state index contributed by atoms with van der Waals surface area (Å²) in [7, 11) is 0. The van der Waals surface area contributed by atoms with Gasteiger partial charge in [0.15, 0.2) is 0 Å². The van der Waals surface area contributed by atoms with Gasteiger partial charge in [-0.15, -0.1) is 0 Å². The molecule has 0 aromatic rings. The Morgan fingerprint density at radius 2 is 1.88 bits per heavy atom. The van der Waals surface area contributed by atoms with E-state index in [1.165, 1.54) is 51.4 Å². The molecular weight excluding hydrogens is 210 g/mol. The molecule has 2 nitrogen and oxygen atoms in total. The molecule has 2 heteroatoms. The Morgan fingerprint density at radius 1 is 1.18 bits per heavy atom. The molecule has 0 saturated heterocycles. The normalized spacial score (nSPS) is 20.1. The van der Waals surface area contributed by atoms with E-state index in [0.29, 0.717) is 6.04 Å². The minimum Gasteiger partial charge on any atom is -0.380 e. The second kappa shape index (κ2) is 9.90. The van der Waals surface area contributed by atoms with Crippen molar-refractivity contribution in [1.29, 1.82) is 0 Å². The van der Waals surface area contributed by atoms with Gasteiger partial charge < -0.3 is 10.1 Å². The monoisotopic (exact) mass is 241 g/mol. The number of hydrogen-bond acceptors (Lipinski definition) is 2. The van der Waals surface area contributed by atoms with Crippen molar-refractivity contribution in [3.63, 3.8) is 0 Å². The smallest absolute Gasteiger partial charge is 0.0591 e. The van der Waals surface area contributed by atoms with E-state index < -0.39 is 0 Å². The summed E-state index contributed by atoms with van der Waals surface area (Å²) in [5.41, 5.74) is 0. The summed E-state index contributed by atoms with van der Waals surface area (Å²) in [4.78, 5) is 0. The van der Waals surface area contributed by atoms with Gasteiger partial charge in [0.25, 0.3) is 0 Å². The molecule has 1 N–H and O–H groups in total. The largest absolute Gasteiger partial charge is 0.380 e. The summed E-state index contributed by atoms with van der Waals surface area (Å²) in [5.74, 6) is 0.838. The Kier molecular flexibility index (Phi) is 8.72. The Hall–Kier alpha value is -0.0800. The van der Waals surface area contributed by atoms with E-state index >= 15 is 0 Å². The Labute approximate surface area is 108 Å². The zero-order valence-electron chi connectivity index (χ0n) is 11.8. The minimum absolute atomic E-state index is 0.640. The fourth-order valence-electron chi connectivity index (χ4n) is 2.69. The van der Waals surface area contributed by atoms with Gasteiger partial charge in [0.05, 0.1) is 6.61 Å². The van der Waals surface area contributed by atoms with Gasteiger partial charge in [0, 0.05) is 19.2 Å². The van der Waals surface area contributed by atoms with Crippen LogP contribution in [0, 0.1) is 5.92 Å². The van der Waals surface area contributed by atoms with Crippen LogP contribution < -0.4 is 5.32 Å². The summed E-state index contributed by atoms with van der Waals surface area (Å²) >= 11 is 0. The van der Waals surface area contributed by atoms with Crippen LogP contribution in [0.3, 0.4) is 0 Å². The van der Waals surface area contributed by atoms with Crippen molar-refractivity contribution >= 4 is 0 Å². The first-order chi connectivity index (χ1) is 8.33. The molecule has 1 aliphatic carbocycles. The van der Waals surface area contributed by atoms with E-state index in [0.717, 1.165) is 25.7 Å². The maximum absolute atomic E-state index is 5.79. The van der Waals surface area contributed by atoms with Crippen LogP contribution in [0.15, 0.2) is 0 Å². The van der Waals surface area contributed by atoms with Gasteiger partial charge in [-0.1, -0.05) is 39.0 Å².